The van der Waals surface area contributed by atoms with Gasteiger partial charge in [-0.2, -0.15) is 5.10 Å². The molecule has 1 saturated heterocycles. The summed E-state index contributed by atoms with van der Waals surface area (Å²) in [4.78, 5) is 23.0. The highest BCUT2D eigenvalue weighted by molar-refractivity contribution is 5.98. The predicted molar refractivity (Wildman–Crippen MR) is 130 cm³/mol. The number of hydrogen-bond acceptors (Lipinski definition) is 5. The fourth-order valence-electron chi connectivity index (χ4n) is 4.67. The largest absolute Gasteiger partial charge is 0.383 e. The van der Waals surface area contributed by atoms with Gasteiger partial charge in [-0.05, 0) is 30.4 Å². The molecule has 0 bridgehead atoms. The number of nitrogens with two attached hydrogens (primary N) is 1. The van der Waals surface area contributed by atoms with Gasteiger partial charge < -0.3 is 10.6 Å². The van der Waals surface area contributed by atoms with Crippen molar-refractivity contribution >= 4 is 22.8 Å². The third kappa shape index (κ3) is 4.18. The highest BCUT2D eigenvalue weighted by Gasteiger charge is 2.28. The first-order valence-corrected chi connectivity index (χ1v) is 11.5. The van der Waals surface area contributed by atoms with Crippen molar-refractivity contribution in [2.24, 2.45) is 0 Å². The maximum absolute atomic E-state index is 12.3. The second kappa shape index (κ2) is 9.02. The molecule has 0 aliphatic carbocycles. The summed E-state index contributed by atoms with van der Waals surface area (Å²) in [5.41, 5.74) is 11.3. The maximum atomic E-state index is 12.3. The zero-order valence-electron chi connectivity index (χ0n) is 18.8. The van der Waals surface area contributed by atoms with E-state index in [1.807, 2.05) is 22.6 Å². The van der Waals surface area contributed by atoms with Gasteiger partial charge in [0.1, 0.15) is 17.8 Å². The molecule has 7 nitrogen and oxygen atoms in total. The number of rotatable bonds is 5. The Morgan fingerprint density at radius 2 is 1.82 bits per heavy atom. The lowest BCUT2D eigenvalue weighted by atomic mass is 10.0. The zero-order valence-corrected chi connectivity index (χ0v) is 18.8. The molecule has 7 heteroatoms. The molecule has 33 heavy (non-hydrogen) atoms. The highest BCUT2D eigenvalue weighted by Crippen LogP contribution is 2.34. The molecule has 2 aromatic heterocycles. The number of fused-ring (bicyclic) bond motifs is 1. The van der Waals surface area contributed by atoms with Gasteiger partial charge in [-0.25, -0.2) is 14.6 Å². The van der Waals surface area contributed by atoms with E-state index in [1.54, 1.807) is 0 Å². The normalized spacial score (nSPS) is 16.3. The van der Waals surface area contributed by atoms with Crippen LogP contribution in [0.3, 0.4) is 0 Å². The average Bonchev–Trinajstić information content (AvgIpc) is 3.26. The van der Waals surface area contributed by atoms with E-state index in [9.17, 15) is 4.79 Å². The number of hydrogen-bond donors (Lipinski definition) is 1. The first-order chi connectivity index (χ1) is 16.1. The Bertz CT molecular complexity index is 1270. The van der Waals surface area contributed by atoms with Crippen LogP contribution >= 0.6 is 0 Å². The van der Waals surface area contributed by atoms with Crippen molar-refractivity contribution in [2.45, 2.75) is 38.6 Å². The average molecular weight is 441 g/mol. The standard InChI is InChI=1S/C26H28N6O/c1-2-22(33)31-14-6-9-21(16-31)32-26-23(25(27)28-17-29-26)24(30-32)20-12-10-19(11-13-20)15-18-7-4-3-5-8-18/h3-5,7-8,10-13,17,21H,2,6,9,14-16H2,1H3,(H2,27,28,29)/t21-/m1/s1. The molecule has 2 N–H and O–H groups in total. The van der Waals surface area contributed by atoms with Crippen LogP contribution in [-0.4, -0.2) is 43.6 Å². The number of benzene rings is 2. The van der Waals surface area contributed by atoms with Gasteiger partial charge in [0, 0.05) is 25.1 Å². The smallest absolute Gasteiger partial charge is 0.222 e. The molecule has 5 rings (SSSR count). The van der Waals surface area contributed by atoms with Gasteiger partial charge in [-0.3, -0.25) is 4.79 Å². The fraction of sp³-hybridized carbons (Fsp3) is 0.308. The topological polar surface area (TPSA) is 89.9 Å². The minimum atomic E-state index is 0.0668. The van der Waals surface area contributed by atoms with E-state index in [-0.39, 0.29) is 11.9 Å². The molecule has 1 amide bonds. The molecule has 0 radical (unpaired) electrons. The van der Waals surface area contributed by atoms with Crippen LogP contribution in [0.4, 0.5) is 5.82 Å². The molecule has 0 saturated carbocycles. The number of amides is 1. The SMILES string of the molecule is CCC(=O)N1CCC[C@@H](n2nc(-c3ccc(Cc4ccccc4)cc3)c3c(N)ncnc32)C1. The van der Waals surface area contributed by atoms with E-state index in [1.165, 1.54) is 17.5 Å². The van der Waals surface area contributed by atoms with Gasteiger partial charge >= 0.3 is 0 Å². The fourth-order valence-corrected chi connectivity index (χ4v) is 4.67. The van der Waals surface area contributed by atoms with E-state index in [4.69, 9.17) is 10.8 Å². The molecule has 1 aliphatic rings. The quantitative estimate of drug-likeness (QED) is 0.501. The highest BCUT2D eigenvalue weighted by atomic mass is 16.2. The van der Waals surface area contributed by atoms with Crippen LogP contribution < -0.4 is 5.73 Å². The van der Waals surface area contributed by atoms with Gasteiger partial charge in [0.2, 0.25) is 5.91 Å². The van der Waals surface area contributed by atoms with E-state index < -0.39 is 0 Å². The Hall–Kier alpha value is -3.74. The predicted octanol–water partition coefficient (Wildman–Crippen LogP) is 4.24. The minimum Gasteiger partial charge on any atom is -0.383 e. The lowest BCUT2D eigenvalue weighted by Gasteiger charge is -2.32. The van der Waals surface area contributed by atoms with Crippen LogP contribution in [0.2, 0.25) is 0 Å². The molecule has 1 aliphatic heterocycles. The van der Waals surface area contributed by atoms with Crippen LogP contribution in [0.5, 0.6) is 0 Å². The van der Waals surface area contributed by atoms with E-state index >= 15 is 0 Å². The maximum Gasteiger partial charge on any atom is 0.222 e. The molecule has 3 heterocycles. The lowest BCUT2D eigenvalue weighted by Crippen LogP contribution is -2.40. The summed E-state index contributed by atoms with van der Waals surface area (Å²) in [5.74, 6) is 0.603. The summed E-state index contributed by atoms with van der Waals surface area (Å²) in [7, 11) is 0. The van der Waals surface area contributed by atoms with Crippen molar-refractivity contribution in [1.29, 1.82) is 0 Å². The monoisotopic (exact) mass is 440 g/mol. The van der Waals surface area contributed by atoms with Gasteiger partial charge in [-0.1, -0.05) is 61.5 Å². The molecular weight excluding hydrogens is 412 g/mol. The minimum absolute atomic E-state index is 0.0668. The number of nitrogen functional groups attached to an aromatic ring is 1. The summed E-state index contributed by atoms with van der Waals surface area (Å²) in [5, 5.41) is 5.74. The Morgan fingerprint density at radius 1 is 1.06 bits per heavy atom. The van der Waals surface area contributed by atoms with Crippen LogP contribution in [0.15, 0.2) is 60.9 Å². The van der Waals surface area contributed by atoms with Crippen LogP contribution in [0.25, 0.3) is 22.3 Å². The molecule has 1 atom stereocenters. The number of nitrogens with zero attached hydrogens (tertiary/aromatic N) is 5. The van der Waals surface area contributed by atoms with Gasteiger partial charge in [0.25, 0.3) is 0 Å². The van der Waals surface area contributed by atoms with E-state index in [0.717, 1.165) is 48.1 Å². The van der Waals surface area contributed by atoms with Crippen molar-refractivity contribution < 1.29 is 4.79 Å². The summed E-state index contributed by atoms with van der Waals surface area (Å²) in [6.07, 6.45) is 4.78. The summed E-state index contributed by atoms with van der Waals surface area (Å²) in [6, 6.07) is 18.9. The third-order valence-corrected chi connectivity index (χ3v) is 6.39. The van der Waals surface area contributed by atoms with Crippen LogP contribution in [0.1, 0.15) is 43.4 Å². The van der Waals surface area contributed by atoms with Crippen LogP contribution in [0, 0.1) is 0 Å². The zero-order chi connectivity index (χ0) is 22.8. The van der Waals surface area contributed by atoms with E-state index in [0.29, 0.717) is 18.8 Å². The Labute approximate surface area is 193 Å². The second-order valence-corrected chi connectivity index (χ2v) is 8.60. The van der Waals surface area contributed by atoms with Crippen molar-refractivity contribution in [1.82, 2.24) is 24.6 Å². The molecule has 0 spiro atoms. The molecule has 0 unspecified atom stereocenters. The summed E-state index contributed by atoms with van der Waals surface area (Å²) >= 11 is 0. The second-order valence-electron chi connectivity index (χ2n) is 8.60. The number of aromatic nitrogens is 4. The van der Waals surface area contributed by atoms with Gasteiger partial charge in [-0.15, -0.1) is 0 Å². The van der Waals surface area contributed by atoms with Crippen molar-refractivity contribution in [2.75, 3.05) is 18.8 Å². The molecule has 2 aromatic carbocycles. The number of carbonyl (C=O) groups is 1. The Balaban J connectivity index is 1.49. The van der Waals surface area contributed by atoms with Crippen molar-refractivity contribution in [3.05, 3.63) is 72.1 Å². The number of anilines is 1. The number of carbonyl (C=O) groups excluding carboxylic acids is 1. The summed E-state index contributed by atoms with van der Waals surface area (Å²) in [6.45, 7) is 3.35. The first kappa shape index (κ1) is 21.1. The Kier molecular flexibility index (Phi) is 5.77. The summed E-state index contributed by atoms with van der Waals surface area (Å²) < 4.78 is 1.95. The molecular formula is C26H28N6O. The molecule has 168 valence electrons. The molecule has 1 fully saturated rings. The third-order valence-electron chi connectivity index (χ3n) is 6.39. The Morgan fingerprint density at radius 3 is 2.58 bits per heavy atom. The van der Waals surface area contributed by atoms with E-state index in [2.05, 4.69) is 58.5 Å². The number of likely N-dealkylation sites (tertiary alicyclic amines) is 1. The van der Waals surface area contributed by atoms with Crippen molar-refractivity contribution in [3.63, 3.8) is 0 Å². The van der Waals surface area contributed by atoms with Gasteiger partial charge in [0.15, 0.2) is 5.65 Å². The van der Waals surface area contributed by atoms with Crippen LogP contribution in [-0.2, 0) is 11.2 Å². The molecule has 4 aromatic rings. The van der Waals surface area contributed by atoms with Crippen molar-refractivity contribution in [3.8, 4) is 11.3 Å². The lowest BCUT2D eigenvalue weighted by molar-refractivity contribution is -0.132. The number of piperidine rings is 1. The first-order valence-electron chi connectivity index (χ1n) is 11.5. The van der Waals surface area contributed by atoms with Gasteiger partial charge in [0.05, 0.1) is 11.4 Å².